The molecule has 1 fully saturated rings. The Morgan fingerprint density at radius 1 is 1.50 bits per heavy atom. The first kappa shape index (κ1) is 8.47. The van der Waals surface area contributed by atoms with E-state index in [1.807, 2.05) is 0 Å². The van der Waals surface area contributed by atoms with E-state index in [4.69, 9.17) is 9.31 Å². The third-order valence-electron chi connectivity index (χ3n) is 3.01. The van der Waals surface area contributed by atoms with Crippen LogP contribution in [-0.2, 0) is 15.7 Å². The average Bonchev–Trinajstić information content (AvgIpc) is 2.73. The van der Waals surface area contributed by atoms with Gasteiger partial charge in [0, 0.05) is 7.11 Å². The first-order chi connectivity index (χ1) is 6.88. The van der Waals surface area contributed by atoms with Crippen LogP contribution in [0.25, 0.3) is 0 Å². The van der Waals surface area contributed by atoms with Crippen molar-refractivity contribution in [2.24, 2.45) is 0 Å². The Bertz CT molecular complexity index is 358. The quantitative estimate of drug-likeness (QED) is 0.665. The van der Waals surface area contributed by atoms with E-state index in [2.05, 4.69) is 29.5 Å². The third kappa shape index (κ3) is 1.12. The Balaban J connectivity index is 1.92. The van der Waals surface area contributed by atoms with Gasteiger partial charge in [0.15, 0.2) is 0 Å². The highest BCUT2D eigenvalue weighted by atomic mass is 16.6. The van der Waals surface area contributed by atoms with Crippen LogP contribution in [0.2, 0.25) is 0 Å². The van der Waals surface area contributed by atoms with E-state index >= 15 is 0 Å². The van der Waals surface area contributed by atoms with Crippen LogP contribution in [0.5, 0.6) is 0 Å². The minimum Gasteiger partial charge on any atom is -0.400 e. The molecule has 14 heavy (non-hydrogen) atoms. The van der Waals surface area contributed by atoms with E-state index in [0.29, 0.717) is 6.04 Å². The summed E-state index contributed by atoms with van der Waals surface area (Å²) in [5, 5.41) is 3.31. The maximum atomic E-state index is 5.68. The van der Waals surface area contributed by atoms with E-state index in [-0.39, 0.29) is 13.4 Å². The first-order valence-corrected chi connectivity index (χ1v) is 4.90. The molecule has 0 spiro atoms. The molecule has 0 bridgehead atoms. The summed E-state index contributed by atoms with van der Waals surface area (Å²) in [6.07, 6.45) is 1.24. The molecule has 3 rings (SSSR count). The lowest BCUT2D eigenvalue weighted by atomic mass is 10.0. The Labute approximate surface area is 83.6 Å². The van der Waals surface area contributed by atoms with Crippen LogP contribution in [0.4, 0.5) is 0 Å². The van der Waals surface area contributed by atoms with Gasteiger partial charge >= 0.3 is 7.25 Å². The summed E-state index contributed by atoms with van der Waals surface area (Å²) in [5.41, 5.74) is 2.75. The zero-order chi connectivity index (χ0) is 9.54. The molecule has 2 aliphatic rings. The van der Waals surface area contributed by atoms with Crippen molar-refractivity contribution in [2.45, 2.75) is 18.6 Å². The summed E-state index contributed by atoms with van der Waals surface area (Å²) in [7, 11) is 1.42. The molecule has 0 saturated carbocycles. The number of hydrogen-bond acceptors (Lipinski definition) is 3. The van der Waals surface area contributed by atoms with Gasteiger partial charge in [-0.1, -0.05) is 24.3 Å². The second-order valence-electron chi connectivity index (χ2n) is 3.79. The lowest BCUT2D eigenvalue weighted by molar-refractivity contribution is 0.183. The Morgan fingerprint density at radius 3 is 3.21 bits per heavy atom. The summed E-state index contributed by atoms with van der Waals surface area (Å²) in [4.78, 5) is 0. The van der Waals surface area contributed by atoms with E-state index in [1.165, 1.54) is 11.1 Å². The van der Waals surface area contributed by atoms with Crippen molar-refractivity contribution in [1.29, 1.82) is 0 Å². The molecule has 1 aromatic rings. The smallest absolute Gasteiger partial charge is 0.400 e. The molecule has 72 valence electrons. The van der Waals surface area contributed by atoms with E-state index in [1.54, 1.807) is 7.11 Å². The maximum absolute atomic E-state index is 5.68. The van der Waals surface area contributed by atoms with Crippen molar-refractivity contribution in [3.8, 4) is 0 Å². The van der Waals surface area contributed by atoms with Gasteiger partial charge in [-0.3, -0.25) is 5.23 Å². The van der Waals surface area contributed by atoms with Gasteiger partial charge in [0.05, 0.1) is 12.1 Å². The lowest BCUT2D eigenvalue weighted by Crippen LogP contribution is -2.32. The maximum Gasteiger partial charge on any atom is 0.555 e. The molecule has 1 N–H and O–H groups in total. The predicted molar refractivity (Wildman–Crippen MR) is 53.7 cm³/mol. The van der Waals surface area contributed by atoms with Gasteiger partial charge in [0.25, 0.3) is 0 Å². The molecule has 0 unspecified atom stereocenters. The van der Waals surface area contributed by atoms with Crippen LogP contribution >= 0.6 is 0 Å². The standard InChI is InChI=1S/C10H12BNO2/c1-13-11-12-10-8-5-3-2-4-7(8)6-9(10)14-11/h2-5,9-10,12H,6H2,1H3/t9-,10+/m1/s1. The second kappa shape index (κ2) is 3.09. The van der Waals surface area contributed by atoms with Crippen LogP contribution in [0.3, 0.4) is 0 Å². The molecule has 0 aromatic heterocycles. The van der Waals surface area contributed by atoms with E-state index in [0.717, 1.165) is 6.42 Å². The highest BCUT2D eigenvalue weighted by Crippen LogP contribution is 2.36. The minimum atomic E-state index is -0.238. The van der Waals surface area contributed by atoms with E-state index < -0.39 is 0 Å². The van der Waals surface area contributed by atoms with Crippen molar-refractivity contribution in [2.75, 3.05) is 7.11 Å². The number of hydrogen-bond donors (Lipinski definition) is 1. The number of benzene rings is 1. The van der Waals surface area contributed by atoms with Crippen LogP contribution in [0.1, 0.15) is 17.2 Å². The summed E-state index contributed by atoms with van der Waals surface area (Å²) in [6, 6.07) is 8.79. The number of fused-ring (bicyclic) bond motifs is 3. The van der Waals surface area contributed by atoms with Crippen molar-refractivity contribution in [3.05, 3.63) is 35.4 Å². The molecule has 0 amide bonds. The highest BCUT2D eigenvalue weighted by Gasteiger charge is 2.44. The van der Waals surface area contributed by atoms with E-state index in [9.17, 15) is 0 Å². The molecule has 2 atom stereocenters. The monoisotopic (exact) mass is 189 g/mol. The Morgan fingerprint density at radius 2 is 2.36 bits per heavy atom. The van der Waals surface area contributed by atoms with Gasteiger partial charge in [-0.05, 0) is 17.5 Å². The minimum absolute atomic E-state index is 0.238. The second-order valence-corrected chi connectivity index (χ2v) is 3.79. The van der Waals surface area contributed by atoms with Crippen molar-refractivity contribution >= 4 is 7.25 Å². The predicted octanol–water partition coefficient (Wildman–Crippen LogP) is 0.903. The fourth-order valence-electron chi connectivity index (χ4n) is 2.35. The Kier molecular flexibility index (Phi) is 1.87. The van der Waals surface area contributed by atoms with Crippen molar-refractivity contribution in [3.63, 3.8) is 0 Å². The molecule has 1 heterocycles. The number of nitrogens with one attached hydrogen (secondary N) is 1. The fraction of sp³-hybridized carbons (Fsp3) is 0.400. The zero-order valence-corrected chi connectivity index (χ0v) is 8.07. The average molecular weight is 189 g/mol. The van der Waals surface area contributed by atoms with Gasteiger partial charge in [-0.2, -0.15) is 0 Å². The molecule has 3 nitrogen and oxygen atoms in total. The molecule has 1 aromatic carbocycles. The fourth-order valence-corrected chi connectivity index (χ4v) is 2.35. The topological polar surface area (TPSA) is 30.5 Å². The van der Waals surface area contributed by atoms with Crippen LogP contribution in [-0.4, -0.2) is 20.5 Å². The summed E-state index contributed by atoms with van der Waals surface area (Å²) in [6.45, 7) is 0. The molecule has 4 heteroatoms. The molecular weight excluding hydrogens is 177 g/mol. The largest absolute Gasteiger partial charge is 0.555 e. The normalized spacial score (nSPS) is 29.1. The third-order valence-corrected chi connectivity index (χ3v) is 3.01. The highest BCUT2D eigenvalue weighted by molar-refractivity contribution is 6.42. The van der Waals surface area contributed by atoms with Crippen LogP contribution < -0.4 is 5.23 Å². The summed E-state index contributed by atoms with van der Waals surface area (Å²) < 4.78 is 10.8. The Hall–Kier alpha value is -0.835. The van der Waals surface area contributed by atoms with Gasteiger partial charge in [0.2, 0.25) is 0 Å². The zero-order valence-electron chi connectivity index (χ0n) is 8.07. The van der Waals surface area contributed by atoms with Gasteiger partial charge in [0.1, 0.15) is 0 Å². The summed E-state index contributed by atoms with van der Waals surface area (Å²) in [5.74, 6) is 0. The van der Waals surface area contributed by atoms with Crippen LogP contribution in [0, 0.1) is 0 Å². The SMILES string of the molecule is COB1N[C@H]2c3ccccc3C[C@H]2O1. The lowest BCUT2D eigenvalue weighted by Gasteiger charge is -2.08. The summed E-state index contributed by atoms with van der Waals surface area (Å²) >= 11 is 0. The van der Waals surface area contributed by atoms with Gasteiger partial charge < -0.3 is 9.31 Å². The van der Waals surface area contributed by atoms with Gasteiger partial charge in [-0.15, -0.1) is 0 Å². The number of rotatable bonds is 1. The molecular formula is C10H12BNO2. The molecule has 1 saturated heterocycles. The molecule has 0 radical (unpaired) electrons. The van der Waals surface area contributed by atoms with Crippen molar-refractivity contribution in [1.82, 2.24) is 5.23 Å². The first-order valence-electron chi connectivity index (χ1n) is 4.90. The van der Waals surface area contributed by atoms with Gasteiger partial charge in [-0.25, -0.2) is 0 Å². The molecule has 1 aliphatic heterocycles. The van der Waals surface area contributed by atoms with Crippen LogP contribution in [0.15, 0.2) is 24.3 Å². The molecule has 1 aliphatic carbocycles. The van der Waals surface area contributed by atoms with Crippen molar-refractivity contribution < 1.29 is 9.31 Å².